The number of rotatable bonds is 5. The van der Waals surface area contributed by atoms with Crippen molar-refractivity contribution in [1.82, 2.24) is 0 Å². The largest absolute Gasteiger partial charge is 0.497 e. The molecule has 1 aliphatic rings. The van der Waals surface area contributed by atoms with Crippen molar-refractivity contribution >= 4 is 6.08 Å². The molecule has 2 aromatic rings. The van der Waals surface area contributed by atoms with E-state index >= 15 is 0 Å². The van der Waals surface area contributed by atoms with E-state index in [0.717, 1.165) is 30.1 Å². The Hall–Kier alpha value is -2.42. The highest BCUT2D eigenvalue weighted by Crippen LogP contribution is 2.32. The average Bonchev–Trinajstić information content (AvgIpc) is 3.00. The molecule has 3 nitrogen and oxygen atoms in total. The zero-order valence-electron chi connectivity index (χ0n) is 12.0. The van der Waals surface area contributed by atoms with Crippen molar-refractivity contribution in [2.24, 2.45) is 0 Å². The average molecular weight is 282 g/mol. The number of fused-ring (bicyclic) bond motifs is 1. The second-order valence-corrected chi connectivity index (χ2v) is 4.90. The monoisotopic (exact) mass is 282 g/mol. The molecule has 3 heteroatoms. The molecule has 0 amide bonds. The van der Waals surface area contributed by atoms with E-state index < -0.39 is 0 Å². The second-order valence-electron chi connectivity index (χ2n) is 4.90. The van der Waals surface area contributed by atoms with Gasteiger partial charge in [-0.2, -0.15) is 0 Å². The lowest BCUT2D eigenvalue weighted by Crippen LogP contribution is -1.92. The van der Waals surface area contributed by atoms with Gasteiger partial charge in [-0.3, -0.25) is 0 Å². The molecule has 0 fully saturated rings. The van der Waals surface area contributed by atoms with Crippen LogP contribution < -0.4 is 14.2 Å². The molecule has 2 aromatic carbocycles. The normalized spacial score (nSPS) is 12.8. The van der Waals surface area contributed by atoms with Crippen LogP contribution in [0, 0.1) is 0 Å². The van der Waals surface area contributed by atoms with Gasteiger partial charge in [-0.25, -0.2) is 0 Å². The van der Waals surface area contributed by atoms with Crippen LogP contribution in [0.1, 0.15) is 17.5 Å². The number of ether oxygens (including phenoxy) is 3. The van der Waals surface area contributed by atoms with Gasteiger partial charge in [0.1, 0.15) is 5.75 Å². The Morgan fingerprint density at radius 3 is 2.67 bits per heavy atom. The lowest BCUT2D eigenvalue weighted by Gasteiger charge is -2.01. The molecule has 3 rings (SSSR count). The van der Waals surface area contributed by atoms with Gasteiger partial charge in [0.2, 0.25) is 6.79 Å². The fourth-order valence-electron chi connectivity index (χ4n) is 2.28. The van der Waals surface area contributed by atoms with Crippen molar-refractivity contribution in [3.63, 3.8) is 0 Å². The molecule has 0 radical (unpaired) electrons. The van der Waals surface area contributed by atoms with Crippen LogP contribution in [-0.4, -0.2) is 13.9 Å². The van der Waals surface area contributed by atoms with Gasteiger partial charge < -0.3 is 14.2 Å². The van der Waals surface area contributed by atoms with Crippen LogP contribution in [0.15, 0.2) is 48.5 Å². The third-order valence-electron chi connectivity index (χ3n) is 3.46. The van der Waals surface area contributed by atoms with Gasteiger partial charge >= 0.3 is 0 Å². The van der Waals surface area contributed by atoms with E-state index in [1.807, 2.05) is 18.2 Å². The Morgan fingerprint density at radius 1 is 1.05 bits per heavy atom. The lowest BCUT2D eigenvalue weighted by atomic mass is 10.1. The van der Waals surface area contributed by atoms with E-state index in [1.54, 1.807) is 7.11 Å². The topological polar surface area (TPSA) is 27.7 Å². The fraction of sp³-hybridized carbons (Fsp3) is 0.222. The minimum absolute atomic E-state index is 0.330. The summed E-state index contributed by atoms with van der Waals surface area (Å²) in [6.07, 6.45) is 6.30. The predicted molar refractivity (Wildman–Crippen MR) is 82.9 cm³/mol. The van der Waals surface area contributed by atoms with Gasteiger partial charge in [0.15, 0.2) is 11.5 Å². The molecule has 0 saturated carbocycles. The molecule has 0 N–H and O–H groups in total. The van der Waals surface area contributed by atoms with Crippen molar-refractivity contribution < 1.29 is 14.2 Å². The Morgan fingerprint density at radius 2 is 1.86 bits per heavy atom. The maximum absolute atomic E-state index is 5.38. The SMILES string of the molecule is COc1ccc(/C=C/CCc2ccc3c(c2)OCO3)cc1. The summed E-state index contributed by atoms with van der Waals surface area (Å²) in [4.78, 5) is 0. The van der Waals surface area contributed by atoms with Crippen molar-refractivity contribution in [2.75, 3.05) is 13.9 Å². The summed E-state index contributed by atoms with van der Waals surface area (Å²) >= 11 is 0. The first-order chi connectivity index (χ1) is 10.3. The molecular formula is C18H18O3. The number of allylic oxidation sites excluding steroid dienone is 1. The summed E-state index contributed by atoms with van der Waals surface area (Å²) in [5.41, 5.74) is 2.44. The summed E-state index contributed by atoms with van der Waals surface area (Å²) in [5, 5.41) is 0. The van der Waals surface area contributed by atoms with E-state index in [1.165, 1.54) is 11.1 Å². The summed E-state index contributed by atoms with van der Waals surface area (Å²) < 4.78 is 15.8. The predicted octanol–water partition coefficient (Wildman–Crippen LogP) is 4.07. The summed E-state index contributed by atoms with van der Waals surface area (Å²) in [7, 11) is 1.68. The molecule has 1 heterocycles. The van der Waals surface area contributed by atoms with Gasteiger partial charge in [-0.15, -0.1) is 0 Å². The smallest absolute Gasteiger partial charge is 0.231 e. The molecule has 21 heavy (non-hydrogen) atoms. The Kier molecular flexibility index (Phi) is 4.10. The first-order valence-electron chi connectivity index (χ1n) is 7.04. The highest BCUT2D eigenvalue weighted by Gasteiger charge is 2.12. The maximum atomic E-state index is 5.38. The highest BCUT2D eigenvalue weighted by atomic mass is 16.7. The summed E-state index contributed by atoms with van der Waals surface area (Å²) in [6, 6.07) is 14.2. The van der Waals surface area contributed by atoms with Gasteiger partial charge in [0, 0.05) is 0 Å². The van der Waals surface area contributed by atoms with E-state index in [4.69, 9.17) is 14.2 Å². The second kappa shape index (κ2) is 6.35. The first kappa shape index (κ1) is 13.6. The quantitative estimate of drug-likeness (QED) is 0.827. The molecule has 0 spiro atoms. The van der Waals surface area contributed by atoms with Gasteiger partial charge in [-0.1, -0.05) is 30.4 Å². The van der Waals surface area contributed by atoms with Gasteiger partial charge in [0.05, 0.1) is 7.11 Å². The van der Waals surface area contributed by atoms with Gasteiger partial charge in [0.25, 0.3) is 0 Å². The minimum atomic E-state index is 0.330. The number of hydrogen-bond acceptors (Lipinski definition) is 3. The number of aryl methyl sites for hydroxylation is 1. The molecule has 0 bridgehead atoms. The molecule has 0 aromatic heterocycles. The molecule has 0 unspecified atom stereocenters. The first-order valence-corrected chi connectivity index (χ1v) is 7.04. The van der Waals surface area contributed by atoms with Crippen LogP contribution in [-0.2, 0) is 6.42 Å². The highest BCUT2D eigenvalue weighted by molar-refractivity contribution is 5.50. The van der Waals surface area contributed by atoms with Crippen LogP contribution in [0.3, 0.4) is 0 Å². The van der Waals surface area contributed by atoms with Crippen molar-refractivity contribution in [3.8, 4) is 17.2 Å². The van der Waals surface area contributed by atoms with E-state index in [9.17, 15) is 0 Å². The zero-order chi connectivity index (χ0) is 14.5. The summed E-state index contributed by atoms with van der Waals surface area (Å²) in [5.74, 6) is 2.58. The van der Waals surface area contributed by atoms with Gasteiger partial charge in [-0.05, 0) is 48.2 Å². The number of methoxy groups -OCH3 is 1. The van der Waals surface area contributed by atoms with Crippen molar-refractivity contribution in [1.29, 1.82) is 0 Å². The third-order valence-corrected chi connectivity index (χ3v) is 3.46. The zero-order valence-corrected chi connectivity index (χ0v) is 12.0. The molecule has 0 aliphatic carbocycles. The third kappa shape index (κ3) is 3.37. The van der Waals surface area contributed by atoms with Crippen LogP contribution in [0.2, 0.25) is 0 Å². The summed E-state index contributed by atoms with van der Waals surface area (Å²) in [6.45, 7) is 0.330. The van der Waals surface area contributed by atoms with Crippen molar-refractivity contribution in [3.05, 3.63) is 59.7 Å². The maximum Gasteiger partial charge on any atom is 0.231 e. The lowest BCUT2D eigenvalue weighted by molar-refractivity contribution is 0.174. The molecule has 1 aliphatic heterocycles. The van der Waals surface area contributed by atoms with Crippen molar-refractivity contribution in [2.45, 2.75) is 12.8 Å². The Balaban J connectivity index is 1.54. The standard InChI is InChI=1S/C18H18O3/c1-19-16-9-6-14(7-10-16)4-2-3-5-15-8-11-17-18(12-15)21-13-20-17/h2,4,6-12H,3,5,13H2,1H3/b4-2+. The van der Waals surface area contributed by atoms with Crippen LogP contribution in [0.25, 0.3) is 6.08 Å². The Labute approximate surface area is 124 Å². The fourth-order valence-corrected chi connectivity index (χ4v) is 2.28. The Bertz CT molecular complexity index is 629. The number of hydrogen-bond donors (Lipinski definition) is 0. The number of benzene rings is 2. The molecule has 108 valence electrons. The molecule has 0 saturated heterocycles. The van der Waals surface area contributed by atoms with E-state index in [-0.39, 0.29) is 0 Å². The van der Waals surface area contributed by atoms with Crippen LogP contribution in [0.4, 0.5) is 0 Å². The molecular weight excluding hydrogens is 264 g/mol. The van der Waals surface area contributed by atoms with Crippen LogP contribution >= 0.6 is 0 Å². The minimum Gasteiger partial charge on any atom is -0.497 e. The van der Waals surface area contributed by atoms with E-state index in [2.05, 4.69) is 36.4 Å². The van der Waals surface area contributed by atoms with E-state index in [0.29, 0.717) is 6.79 Å². The molecule has 0 atom stereocenters. The van der Waals surface area contributed by atoms with Crippen LogP contribution in [0.5, 0.6) is 17.2 Å².